The molecule has 0 aliphatic carbocycles. The van der Waals surface area contributed by atoms with E-state index in [1.54, 1.807) is 6.20 Å². The molecule has 2 aromatic heterocycles. The first kappa shape index (κ1) is 14.2. The number of carboxylic acid groups (broad SMARTS) is 1. The molecule has 2 heterocycles. The summed E-state index contributed by atoms with van der Waals surface area (Å²) in [6.07, 6.45) is 2.54. The largest absolute Gasteiger partial charge is 0.477 e. The lowest BCUT2D eigenvalue weighted by Gasteiger charge is -2.07. The third-order valence-electron chi connectivity index (χ3n) is 2.82. The van der Waals surface area contributed by atoms with Crippen molar-refractivity contribution in [2.75, 3.05) is 0 Å². The molecule has 0 saturated heterocycles. The molecular formula is C14H14N2O3S. The summed E-state index contributed by atoms with van der Waals surface area (Å²) in [6.45, 7) is 2.36. The van der Waals surface area contributed by atoms with Crippen LogP contribution in [0.2, 0.25) is 0 Å². The number of aromatic carboxylic acids is 1. The van der Waals surface area contributed by atoms with Crippen LogP contribution in [0.3, 0.4) is 0 Å². The van der Waals surface area contributed by atoms with Crippen LogP contribution in [0, 0.1) is 0 Å². The average molecular weight is 290 g/mol. The number of carbonyl (C=O) groups is 2. The van der Waals surface area contributed by atoms with Crippen LogP contribution in [0.15, 0.2) is 30.5 Å². The maximum absolute atomic E-state index is 11.9. The van der Waals surface area contributed by atoms with Crippen molar-refractivity contribution in [3.8, 4) is 0 Å². The number of thiophene rings is 1. The van der Waals surface area contributed by atoms with Crippen molar-refractivity contribution in [2.24, 2.45) is 0 Å². The number of carbonyl (C=O) groups excluding carboxylic acids is 1. The van der Waals surface area contributed by atoms with Crippen LogP contribution in [0.1, 0.15) is 37.5 Å². The maximum atomic E-state index is 11.9. The second kappa shape index (κ2) is 6.29. The molecule has 6 heteroatoms. The molecule has 0 aliphatic heterocycles. The van der Waals surface area contributed by atoms with E-state index in [0.717, 1.165) is 29.0 Å². The molecular weight excluding hydrogens is 276 g/mol. The van der Waals surface area contributed by atoms with Gasteiger partial charge in [0.15, 0.2) is 0 Å². The van der Waals surface area contributed by atoms with E-state index in [-0.39, 0.29) is 10.8 Å². The molecule has 0 spiro atoms. The van der Waals surface area contributed by atoms with Crippen LogP contribution in [-0.2, 0) is 13.0 Å². The third kappa shape index (κ3) is 3.21. The smallest absolute Gasteiger partial charge is 0.345 e. The molecule has 2 rings (SSSR count). The van der Waals surface area contributed by atoms with Gasteiger partial charge in [0, 0.05) is 6.20 Å². The number of aryl methyl sites for hydroxylation is 1. The van der Waals surface area contributed by atoms with Crippen molar-refractivity contribution in [3.63, 3.8) is 0 Å². The molecule has 0 saturated carbocycles. The molecule has 0 aliphatic rings. The zero-order valence-electron chi connectivity index (χ0n) is 10.9. The fourth-order valence-corrected chi connectivity index (χ4v) is 2.54. The molecule has 0 fully saturated rings. The van der Waals surface area contributed by atoms with Gasteiger partial charge in [-0.2, -0.15) is 0 Å². The Morgan fingerprint density at radius 2 is 2.05 bits per heavy atom. The van der Waals surface area contributed by atoms with Crippen molar-refractivity contribution < 1.29 is 14.7 Å². The first-order valence-corrected chi connectivity index (χ1v) is 6.97. The molecule has 0 bridgehead atoms. The Bertz CT molecular complexity index is 637. The van der Waals surface area contributed by atoms with E-state index in [1.165, 1.54) is 12.1 Å². The van der Waals surface area contributed by atoms with Gasteiger partial charge < -0.3 is 10.4 Å². The summed E-state index contributed by atoms with van der Waals surface area (Å²) < 4.78 is 0. The highest BCUT2D eigenvalue weighted by atomic mass is 32.1. The predicted molar refractivity (Wildman–Crippen MR) is 76.1 cm³/mol. The van der Waals surface area contributed by atoms with Crippen LogP contribution in [0.4, 0.5) is 0 Å². The molecule has 0 unspecified atom stereocenters. The third-order valence-corrected chi connectivity index (χ3v) is 3.89. The molecule has 20 heavy (non-hydrogen) atoms. The van der Waals surface area contributed by atoms with Gasteiger partial charge in [-0.15, -0.1) is 11.3 Å². The minimum absolute atomic E-state index is 0.155. The van der Waals surface area contributed by atoms with Gasteiger partial charge in [0.05, 0.1) is 17.1 Å². The summed E-state index contributed by atoms with van der Waals surface area (Å²) in [5.41, 5.74) is 1.92. The lowest BCUT2D eigenvalue weighted by atomic mass is 10.1. The monoisotopic (exact) mass is 290 g/mol. The number of nitrogens with zero attached hydrogens (tertiary/aromatic N) is 1. The normalized spacial score (nSPS) is 10.2. The van der Waals surface area contributed by atoms with Crippen molar-refractivity contribution in [1.29, 1.82) is 0 Å². The number of hydrogen-bond donors (Lipinski definition) is 2. The predicted octanol–water partition coefficient (Wildman–Crippen LogP) is 2.33. The quantitative estimate of drug-likeness (QED) is 0.885. The highest BCUT2D eigenvalue weighted by Crippen LogP contribution is 2.16. The van der Waals surface area contributed by atoms with E-state index < -0.39 is 5.97 Å². The zero-order valence-corrected chi connectivity index (χ0v) is 11.7. The van der Waals surface area contributed by atoms with Crippen molar-refractivity contribution in [1.82, 2.24) is 10.3 Å². The number of pyridine rings is 1. The molecule has 0 atom stereocenters. The molecule has 0 radical (unpaired) electrons. The summed E-state index contributed by atoms with van der Waals surface area (Å²) in [7, 11) is 0. The summed E-state index contributed by atoms with van der Waals surface area (Å²) in [4.78, 5) is 27.5. The van der Waals surface area contributed by atoms with Crippen molar-refractivity contribution in [2.45, 2.75) is 19.9 Å². The van der Waals surface area contributed by atoms with E-state index in [2.05, 4.69) is 10.3 Å². The number of carboxylic acids is 1. The minimum atomic E-state index is -1.02. The lowest BCUT2D eigenvalue weighted by Crippen LogP contribution is -2.23. The summed E-state index contributed by atoms with van der Waals surface area (Å²) >= 11 is 0.962. The first-order chi connectivity index (χ1) is 9.61. The molecule has 2 aromatic rings. The first-order valence-electron chi connectivity index (χ1n) is 6.16. The highest BCUT2D eigenvalue weighted by molar-refractivity contribution is 7.15. The van der Waals surface area contributed by atoms with Crippen LogP contribution < -0.4 is 5.32 Å². The lowest BCUT2D eigenvalue weighted by molar-refractivity contribution is 0.0702. The maximum Gasteiger partial charge on any atom is 0.345 e. The fourth-order valence-electron chi connectivity index (χ4n) is 1.78. The van der Waals surface area contributed by atoms with Gasteiger partial charge in [-0.3, -0.25) is 9.78 Å². The van der Waals surface area contributed by atoms with E-state index in [1.807, 2.05) is 19.1 Å². The standard InChI is InChI=1S/C14H14N2O3S/c1-2-9-4-3-7-15-10(9)8-16-13(17)11-5-6-12(20-11)14(18)19/h3-7H,2,8H2,1H3,(H,16,17)(H,18,19). The average Bonchev–Trinajstić information content (AvgIpc) is 2.95. The van der Waals surface area contributed by atoms with Crippen LogP contribution in [0.25, 0.3) is 0 Å². The Kier molecular flexibility index (Phi) is 4.47. The number of amides is 1. The number of nitrogens with one attached hydrogen (secondary N) is 1. The summed E-state index contributed by atoms with van der Waals surface area (Å²) in [5, 5.41) is 11.6. The summed E-state index contributed by atoms with van der Waals surface area (Å²) in [6, 6.07) is 6.79. The molecule has 0 aromatic carbocycles. The highest BCUT2D eigenvalue weighted by Gasteiger charge is 2.13. The second-order valence-electron chi connectivity index (χ2n) is 4.11. The Balaban J connectivity index is 2.03. The van der Waals surface area contributed by atoms with E-state index in [9.17, 15) is 9.59 Å². The number of aromatic nitrogens is 1. The number of rotatable bonds is 5. The van der Waals surface area contributed by atoms with Crippen LogP contribution in [0.5, 0.6) is 0 Å². The van der Waals surface area contributed by atoms with Gasteiger partial charge in [-0.1, -0.05) is 13.0 Å². The Morgan fingerprint density at radius 3 is 2.70 bits per heavy atom. The molecule has 2 N–H and O–H groups in total. The summed E-state index contributed by atoms with van der Waals surface area (Å²) in [5.74, 6) is -1.30. The SMILES string of the molecule is CCc1cccnc1CNC(=O)c1ccc(C(=O)O)s1. The molecule has 104 valence electrons. The van der Waals surface area contributed by atoms with Gasteiger partial charge in [0.2, 0.25) is 0 Å². The molecule has 1 amide bonds. The van der Waals surface area contributed by atoms with Crippen LogP contribution >= 0.6 is 11.3 Å². The van der Waals surface area contributed by atoms with Gasteiger partial charge in [-0.25, -0.2) is 4.79 Å². The Hall–Kier alpha value is -2.21. The fraction of sp³-hybridized carbons (Fsp3) is 0.214. The van der Waals surface area contributed by atoms with Crippen molar-refractivity contribution in [3.05, 3.63) is 51.5 Å². The van der Waals surface area contributed by atoms with Gasteiger partial charge in [0.1, 0.15) is 4.88 Å². The zero-order chi connectivity index (χ0) is 14.5. The Morgan fingerprint density at radius 1 is 1.30 bits per heavy atom. The minimum Gasteiger partial charge on any atom is -0.477 e. The van der Waals surface area contributed by atoms with Crippen LogP contribution in [-0.4, -0.2) is 22.0 Å². The van der Waals surface area contributed by atoms with Gasteiger partial charge >= 0.3 is 5.97 Å². The molecule has 5 nitrogen and oxygen atoms in total. The number of hydrogen-bond acceptors (Lipinski definition) is 4. The second-order valence-corrected chi connectivity index (χ2v) is 5.20. The topological polar surface area (TPSA) is 79.3 Å². The van der Waals surface area contributed by atoms with E-state index >= 15 is 0 Å². The van der Waals surface area contributed by atoms with Crippen molar-refractivity contribution >= 4 is 23.2 Å². The Labute approximate surface area is 120 Å². The van der Waals surface area contributed by atoms with Gasteiger partial charge in [-0.05, 0) is 30.2 Å². The van der Waals surface area contributed by atoms with E-state index in [0.29, 0.717) is 11.4 Å². The van der Waals surface area contributed by atoms with Gasteiger partial charge in [0.25, 0.3) is 5.91 Å². The van der Waals surface area contributed by atoms with E-state index in [4.69, 9.17) is 5.11 Å².